The summed E-state index contributed by atoms with van der Waals surface area (Å²) in [7, 11) is 0. The summed E-state index contributed by atoms with van der Waals surface area (Å²) in [5.41, 5.74) is 1.25. The van der Waals surface area contributed by atoms with E-state index in [1.807, 2.05) is 32.0 Å². The highest BCUT2D eigenvalue weighted by Crippen LogP contribution is 2.31. The van der Waals surface area contributed by atoms with Crippen LogP contribution in [0.3, 0.4) is 0 Å². The van der Waals surface area contributed by atoms with Crippen molar-refractivity contribution < 1.29 is 9.59 Å². The molecule has 3 rings (SSSR count). The van der Waals surface area contributed by atoms with E-state index in [1.165, 1.54) is 4.57 Å². The van der Waals surface area contributed by atoms with Crippen LogP contribution in [0.2, 0.25) is 5.02 Å². The fourth-order valence-electron chi connectivity index (χ4n) is 2.96. The van der Waals surface area contributed by atoms with E-state index in [0.717, 1.165) is 0 Å². The number of hydrogen-bond donors (Lipinski definition) is 0. The molecule has 130 valence electrons. The van der Waals surface area contributed by atoms with Gasteiger partial charge in [0.2, 0.25) is 11.8 Å². The van der Waals surface area contributed by atoms with Crippen LogP contribution >= 0.6 is 11.6 Å². The summed E-state index contributed by atoms with van der Waals surface area (Å²) >= 11 is 6.20. The van der Waals surface area contributed by atoms with Crippen LogP contribution in [0.15, 0.2) is 53.7 Å². The molecule has 2 heterocycles. The maximum Gasteiger partial charge on any atom is 0.237 e. The molecule has 5 nitrogen and oxygen atoms in total. The summed E-state index contributed by atoms with van der Waals surface area (Å²) in [4.78, 5) is 31.4. The zero-order valence-corrected chi connectivity index (χ0v) is 15.0. The number of benzene rings is 1. The van der Waals surface area contributed by atoms with Gasteiger partial charge >= 0.3 is 0 Å². The average Bonchev–Trinajstić information content (AvgIpc) is 2.96. The maximum atomic E-state index is 12.9. The van der Waals surface area contributed by atoms with Crippen molar-refractivity contribution in [2.24, 2.45) is 10.9 Å². The third-order valence-corrected chi connectivity index (χ3v) is 4.40. The number of hydrogen-bond acceptors (Lipinski definition) is 3. The quantitative estimate of drug-likeness (QED) is 0.847. The van der Waals surface area contributed by atoms with Gasteiger partial charge in [-0.3, -0.25) is 19.1 Å². The van der Waals surface area contributed by atoms with E-state index in [9.17, 15) is 9.59 Å². The summed E-state index contributed by atoms with van der Waals surface area (Å²) < 4.78 is 1.54. The van der Waals surface area contributed by atoms with E-state index >= 15 is 0 Å². The molecule has 0 radical (unpaired) electrons. The molecule has 1 aliphatic rings. The Kier molecular flexibility index (Phi) is 5.04. The normalized spacial score (nSPS) is 18.2. The molecule has 0 saturated carbocycles. The molecule has 0 spiro atoms. The van der Waals surface area contributed by atoms with Crippen molar-refractivity contribution in [1.29, 1.82) is 0 Å². The predicted octanol–water partition coefficient (Wildman–Crippen LogP) is 3.14. The molecule has 1 unspecified atom stereocenters. The van der Waals surface area contributed by atoms with Crippen molar-refractivity contribution in [1.82, 2.24) is 4.57 Å². The van der Waals surface area contributed by atoms with Gasteiger partial charge in [0, 0.05) is 25.2 Å². The van der Waals surface area contributed by atoms with Crippen molar-refractivity contribution in [3.8, 4) is 0 Å². The summed E-state index contributed by atoms with van der Waals surface area (Å²) in [6, 6.07) is 12.7. The van der Waals surface area contributed by atoms with Gasteiger partial charge in [0.05, 0.1) is 16.6 Å². The fourth-order valence-corrected chi connectivity index (χ4v) is 3.20. The predicted molar refractivity (Wildman–Crippen MR) is 97.7 cm³/mol. The molecule has 6 heteroatoms. The first-order chi connectivity index (χ1) is 12.0. The van der Waals surface area contributed by atoms with Gasteiger partial charge in [-0.2, -0.15) is 0 Å². The molecular weight excluding hydrogens is 338 g/mol. The van der Waals surface area contributed by atoms with Crippen LogP contribution < -0.4 is 10.4 Å². The van der Waals surface area contributed by atoms with Crippen molar-refractivity contribution in [2.45, 2.75) is 26.3 Å². The van der Waals surface area contributed by atoms with Gasteiger partial charge < -0.3 is 4.90 Å². The molecule has 1 fully saturated rings. The minimum Gasteiger partial charge on any atom is -0.310 e. The van der Waals surface area contributed by atoms with E-state index in [0.29, 0.717) is 22.7 Å². The number of carbonyl (C=O) groups excluding carboxylic acids is 2. The first-order valence-electron chi connectivity index (χ1n) is 8.28. The molecule has 1 aliphatic heterocycles. The number of nitrogens with zero attached hydrogens (tertiary/aromatic N) is 3. The highest BCUT2D eigenvalue weighted by molar-refractivity contribution is 6.33. The Morgan fingerprint density at radius 2 is 1.92 bits per heavy atom. The van der Waals surface area contributed by atoms with Crippen LogP contribution in [-0.2, 0) is 4.79 Å². The Hall–Kier alpha value is -2.40. The number of aromatic nitrogens is 1. The van der Waals surface area contributed by atoms with Crippen LogP contribution in [0.25, 0.3) is 0 Å². The largest absolute Gasteiger partial charge is 0.310 e. The molecule has 0 bridgehead atoms. The molecule has 1 atom stereocenters. The van der Waals surface area contributed by atoms with Crippen LogP contribution in [0.5, 0.6) is 0 Å². The Balaban J connectivity index is 1.89. The molecule has 0 N–H and O–H groups in total. The van der Waals surface area contributed by atoms with Crippen LogP contribution in [0.1, 0.15) is 25.1 Å². The molecule has 1 aromatic heterocycles. The maximum absolute atomic E-state index is 12.9. The first kappa shape index (κ1) is 17.4. The summed E-state index contributed by atoms with van der Waals surface area (Å²) in [6.07, 6.45) is 1.87. The molecule has 1 amide bonds. The molecule has 1 saturated heterocycles. The van der Waals surface area contributed by atoms with E-state index in [1.54, 1.807) is 35.4 Å². The van der Waals surface area contributed by atoms with Gasteiger partial charge in [-0.15, -0.1) is 0 Å². The van der Waals surface area contributed by atoms with Gasteiger partial charge in [-0.25, -0.2) is 0 Å². The van der Waals surface area contributed by atoms with Gasteiger partial charge in [0.1, 0.15) is 5.49 Å². The summed E-state index contributed by atoms with van der Waals surface area (Å²) in [5, 5.41) is 0.506. The van der Waals surface area contributed by atoms with E-state index in [2.05, 4.69) is 4.99 Å². The van der Waals surface area contributed by atoms with Crippen molar-refractivity contribution in [2.75, 3.05) is 11.4 Å². The van der Waals surface area contributed by atoms with Gasteiger partial charge in [-0.1, -0.05) is 29.8 Å². The second-order valence-corrected chi connectivity index (χ2v) is 6.75. The second kappa shape index (κ2) is 7.23. The molecule has 2 aromatic rings. The number of pyridine rings is 1. The third-order valence-electron chi connectivity index (χ3n) is 4.08. The number of rotatable bonds is 3. The zero-order chi connectivity index (χ0) is 18.0. The third kappa shape index (κ3) is 3.66. The lowest BCUT2D eigenvalue weighted by atomic mass is 10.1. The number of anilines is 1. The van der Waals surface area contributed by atoms with Crippen LogP contribution in [0.4, 0.5) is 5.69 Å². The minimum atomic E-state index is -0.419. The highest BCUT2D eigenvalue weighted by Gasteiger charge is 2.36. The van der Waals surface area contributed by atoms with E-state index in [4.69, 9.17) is 11.6 Å². The molecule has 1 aromatic carbocycles. The highest BCUT2D eigenvalue weighted by atomic mass is 35.5. The topological polar surface area (TPSA) is 54.7 Å². The number of para-hydroxylation sites is 1. The Morgan fingerprint density at radius 1 is 1.20 bits per heavy atom. The fraction of sp³-hybridized carbons (Fsp3) is 0.316. The van der Waals surface area contributed by atoms with Gasteiger partial charge in [0.15, 0.2) is 0 Å². The first-order valence-corrected chi connectivity index (χ1v) is 8.66. The van der Waals surface area contributed by atoms with E-state index < -0.39 is 5.92 Å². The van der Waals surface area contributed by atoms with Gasteiger partial charge in [-0.05, 0) is 38.1 Å². The number of halogens is 1. The summed E-state index contributed by atoms with van der Waals surface area (Å²) in [6.45, 7) is 4.24. The summed E-state index contributed by atoms with van der Waals surface area (Å²) in [5.74, 6) is -0.634. The average molecular weight is 358 g/mol. The van der Waals surface area contributed by atoms with Crippen molar-refractivity contribution >= 4 is 29.1 Å². The van der Waals surface area contributed by atoms with Crippen LogP contribution in [-0.4, -0.2) is 29.0 Å². The number of amides is 1. The Morgan fingerprint density at radius 3 is 2.64 bits per heavy atom. The SMILES string of the molecule is CC(C)N=c1ccccn1C(=O)C1CC(=O)N(c2ccccc2Cl)C1. The number of carbonyl (C=O) groups is 2. The smallest absolute Gasteiger partial charge is 0.237 e. The lowest BCUT2D eigenvalue weighted by Crippen LogP contribution is -2.34. The molecule has 25 heavy (non-hydrogen) atoms. The van der Waals surface area contributed by atoms with Crippen molar-refractivity contribution in [3.63, 3.8) is 0 Å². The zero-order valence-electron chi connectivity index (χ0n) is 14.2. The second-order valence-electron chi connectivity index (χ2n) is 6.35. The van der Waals surface area contributed by atoms with Crippen LogP contribution in [0, 0.1) is 5.92 Å². The Labute approximate surface area is 151 Å². The van der Waals surface area contributed by atoms with Crippen molar-refractivity contribution in [3.05, 3.63) is 59.2 Å². The van der Waals surface area contributed by atoms with E-state index in [-0.39, 0.29) is 24.3 Å². The minimum absolute atomic E-state index is 0.0753. The van der Waals surface area contributed by atoms with Gasteiger partial charge in [0.25, 0.3) is 0 Å². The Bertz CT molecular complexity index is 873. The lowest BCUT2D eigenvalue weighted by molar-refractivity contribution is -0.117. The molecular formula is C19H20ClN3O2. The molecule has 0 aliphatic carbocycles. The monoisotopic (exact) mass is 357 g/mol. The standard InChI is InChI=1S/C19H20ClN3O2/c1-13(2)21-17-9-5-6-10-22(17)19(25)14-11-18(24)23(12-14)16-8-4-3-7-15(16)20/h3-10,13-14H,11-12H2,1-2H3. The lowest BCUT2D eigenvalue weighted by Gasteiger charge is -2.18.